The van der Waals surface area contributed by atoms with Crippen LogP contribution in [-0.4, -0.2) is 10.5 Å². The van der Waals surface area contributed by atoms with Crippen LogP contribution in [0, 0.1) is 37.1 Å². The first-order chi connectivity index (χ1) is 1.00. The fourth-order valence-corrected chi connectivity index (χ4v) is 0. The maximum atomic E-state index is 6.00. The van der Waals surface area contributed by atoms with Gasteiger partial charge in [-0.15, -0.1) is 0 Å². The second kappa shape index (κ2) is 1600. The molecule has 0 unspecified atom stereocenters. The van der Waals surface area contributed by atoms with Crippen molar-refractivity contribution in [2.45, 2.75) is 0 Å². The summed E-state index contributed by atoms with van der Waals surface area (Å²) in [5.74, 6) is 0. The van der Waals surface area contributed by atoms with Crippen LogP contribution in [0.4, 0.5) is 0 Å². The normalized spacial score (nSPS) is 0.750. The molecule has 0 aliphatic heterocycles. The summed E-state index contributed by atoms with van der Waals surface area (Å²) in [7, 11) is 0. The van der Waals surface area contributed by atoms with Gasteiger partial charge < -0.3 is 37.1 Å². The van der Waals surface area contributed by atoms with Gasteiger partial charge in [-0.1, -0.05) is 0 Å². The summed E-state index contributed by atoms with van der Waals surface area (Å²) >= 11 is 0. The Hall–Kier alpha value is 0.439. The SMILES string of the molecule is OO.[CH3-].[CH3-].[CH3-].[CH3-].[CH3-].[Fe+5]. The molecule has 0 rings (SSSR count). The van der Waals surface area contributed by atoms with Crippen LogP contribution in [0.25, 0.3) is 0 Å². The molecule has 0 atom stereocenters. The predicted octanol–water partition coefficient (Wildman–Crippen LogP) is 2.27. The van der Waals surface area contributed by atoms with Crippen LogP contribution in [0.2, 0.25) is 0 Å². The van der Waals surface area contributed by atoms with E-state index in [-0.39, 0.29) is 54.2 Å². The number of hydrogen-bond donors (Lipinski definition) is 2. The van der Waals surface area contributed by atoms with Gasteiger partial charge in [0, 0.05) is 0 Å². The first-order valence-electron chi connectivity index (χ1n) is 0.200. The van der Waals surface area contributed by atoms with E-state index in [1.807, 2.05) is 0 Å². The minimum atomic E-state index is 0. The molecular formula is C5H17FeO2. The van der Waals surface area contributed by atoms with Crippen molar-refractivity contribution in [3.05, 3.63) is 37.1 Å². The van der Waals surface area contributed by atoms with Crippen molar-refractivity contribution in [2.75, 3.05) is 0 Å². The van der Waals surface area contributed by atoms with E-state index in [1.165, 1.54) is 0 Å². The van der Waals surface area contributed by atoms with Crippen molar-refractivity contribution in [3.8, 4) is 0 Å². The summed E-state index contributed by atoms with van der Waals surface area (Å²) in [6, 6.07) is 0. The molecule has 0 bridgehead atoms. The smallest absolute Gasteiger partial charge is 0.358 e. The van der Waals surface area contributed by atoms with Gasteiger partial charge in [-0.2, -0.15) is 0 Å². The third-order valence-corrected chi connectivity index (χ3v) is 0. The van der Waals surface area contributed by atoms with Crippen LogP contribution in [0.15, 0.2) is 0 Å². The molecule has 0 aliphatic carbocycles. The molecule has 0 saturated carbocycles. The molecule has 0 aromatic rings. The van der Waals surface area contributed by atoms with Crippen molar-refractivity contribution in [2.24, 2.45) is 0 Å². The van der Waals surface area contributed by atoms with Gasteiger partial charge in [0.2, 0.25) is 0 Å². The molecule has 0 aliphatic rings. The van der Waals surface area contributed by atoms with Crippen molar-refractivity contribution in [3.63, 3.8) is 0 Å². The van der Waals surface area contributed by atoms with Crippen LogP contribution < -0.4 is 0 Å². The molecule has 57 valence electrons. The van der Waals surface area contributed by atoms with Crippen LogP contribution in [0.3, 0.4) is 0 Å². The minimum Gasteiger partial charge on any atom is -0.358 e. The summed E-state index contributed by atoms with van der Waals surface area (Å²) < 4.78 is 0. The average molecular weight is 165 g/mol. The van der Waals surface area contributed by atoms with E-state index in [2.05, 4.69) is 0 Å². The monoisotopic (exact) mass is 165 g/mol. The minimum absolute atomic E-state index is 0. The Morgan fingerprint density at radius 3 is 0.500 bits per heavy atom. The summed E-state index contributed by atoms with van der Waals surface area (Å²) in [4.78, 5) is 0. The van der Waals surface area contributed by atoms with Crippen LogP contribution in [0.5, 0.6) is 0 Å². The number of rotatable bonds is 0. The molecule has 2 N–H and O–H groups in total. The van der Waals surface area contributed by atoms with E-state index in [0.717, 1.165) is 0 Å². The van der Waals surface area contributed by atoms with Gasteiger partial charge in [0.25, 0.3) is 0 Å². The molecule has 0 heterocycles. The second-order valence-corrected chi connectivity index (χ2v) is 0. The predicted molar refractivity (Wildman–Crippen MR) is 37.3 cm³/mol. The van der Waals surface area contributed by atoms with E-state index in [1.54, 1.807) is 0 Å². The maximum Gasteiger partial charge on any atom is 5.00 e. The van der Waals surface area contributed by atoms with Crippen LogP contribution >= 0.6 is 0 Å². The summed E-state index contributed by atoms with van der Waals surface area (Å²) in [5.41, 5.74) is 0. The van der Waals surface area contributed by atoms with Crippen molar-refractivity contribution in [1.29, 1.82) is 0 Å². The van der Waals surface area contributed by atoms with Crippen molar-refractivity contribution >= 4 is 0 Å². The fourth-order valence-electron chi connectivity index (χ4n) is 0. The Morgan fingerprint density at radius 1 is 0.500 bits per heavy atom. The van der Waals surface area contributed by atoms with Gasteiger partial charge in [-0.25, -0.2) is 0 Å². The van der Waals surface area contributed by atoms with Crippen molar-refractivity contribution in [1.82, 2.24) is 0 Å². The third-order valence-electron chi connectivity index (χ3n) is 0. The van der Waals surface area contributed by atoms with E-state index >= 15 is 0 Å². The van der Waals surface area contributed by atoms with E-state index in [4.69, 9.17) is 10.5 Å². The average Bonchev–Trinajstić information content (AvgIpc) is 1.00. The Morgan fingerprint density at radius 2 is 0.500 bits per heavy atom. The first-order valence-corrected chi connectivity index (χ1v) is 0.200. The van der Waals surface area contributed by atoms with Gasteiger partial charge in [0.15, 0.2) is 0 Å². The Kier molecular flexibility index (Phi) is 45000. The Balaban J connectivity index is -0.000000000333. The zero-order chi connectivity index (χ0) is 2.00. The molecule has 0 aromatic heterocycles. The van der Waals surface area contributed by atoms with Gasteiger partial charge in [0.1, 0.15) is 0 Å². The molecular weight excluding hydrogens is 148 g/mol. The van der Waals surface area contributed by atoms with Crippen LogP contribution in [0.1, 0.15) is 0 Å². The van der Waals surface area contributed by atoms with E-state index in [9.17, 15) is 0 Å². The molecule has 0 amide bonds. The second-order valence-electron chi connectivity index (χ2n) is 0. The Labute approximate surface area is 65.3 Å². The zero-order valence-corrected chi connectivity index (χ0v) is 7.35. The van der Waals surface area contributed by atoms with Gasteiger partial charge in [0.05, 0.1) is 0 Å². The third kappa shape index (κ3) is 986. The fraction of sp³-hybridized carbons (Fsp3) is 0. The van der Waals surface area contributed by atoms with Gasteiger partial charge >= 0.3 is 17.1 Å². The van der Waals surface area contributed by atoms with Gasteiger partial charge in [-0.3, -0.25) is 10.5 Å². The van der Waals surface area contributed by atoms with E-state index in [0.29, 0.717) is 0 Å². The molecule has 8 heavy (non-hydrogen) atoms. The van der Waals surface area contributed by atoms with Crippen LogP contribution in [-0.2, 0) is 17.1 Å². The number of hydrogen-bond acceptors (Lipinski definition) is 2. The first kappa shape index (κ1) is 225. The quantitative estimate of drug-likeness (QED) is 0.250. The molecule has 1 radical (unpaired) electrons. The molecule has 0 spiro atoms. The topological polar surface area (TPSA) is 40.5 Å². The largest absolute Gasteiger partial charge is 5.00 e. The summed E-state index contributed by atoms with van der Waals surface area (Å²) in [6.45, 7) is 0. The molecule has 0 saturated heterocycles. The molecule has 0 fully saturated rings. The van der Waals surface area contributed by atoms with E-state index < -0.39 is 0 Å². The molecule has 3 heteroatoms. The maximum absolute atomic E-state index is 6.00. The molecule has 2 nitrogen and oxygen atoms in total. The Bertz CT molecular complexity index is 10.4. The van der Waals surface area contributed by atoms with Crippen molar-refractivity contribution < 1.29 is 27.6 Å². The molecule has 0 aromatic carbocycles. The van der Waals surface area contributed by atoms with Gasteiger partial charge in [-0.05, 0) is 0 Å². The summed E-state index contributed by atoms with van der Waals surface area (Å²) in [5, 5.41) is 12.0. The standard InChI is InChI=1S/5CH3.Fe.H2O2/c;;;;;;1-2/h5*1H3;;1-2H/q5*-1;+5;. The summed E-state index contributed by atoms with van der Waals surface area (Å²) in [6.07, 6.45) is 0. The zero-order valence-electron chi connectivity index (χ0n) is 6.25.